The summed E-state index contributed by atoms with van der Waals surface area (Å²) < 4.78 is 0. The number of allylic oxidation sites excluding steroid dienone is 1. The van der Waals surface area contributed by atoms with Crippen LogP contribution in [0.5, 0.6) is 0 Å². The van der Waals surface area contributed by atoms with Gasteiger partial charge >= 0.3 is 0 Å². The van der Waals surface area contributed by atoms with Crippen LogP contribution in [0.3, 0.4) is 0 Å². The van der Waals surface area contributed by atoms with Crippen molar-refractivity contribution in [3.05, 3.63) is 24.0 Å². The molecule has 0 aromatic carbocycles. The number of hydrogen-bond acceptors (Lipinski definition) is 3. The molecule has 0 aromatic rings. The molecule has 2 unspecified atom stereocenters. The van der Waals surface area contributed by atoms with Gasteiger partial charge in [-0.05, 0) is 31.6 Å². The topological polar surface area (TPSA) is 64.4 Å². The van der Waals surface area contributed by atoms with Gasteiger partial charge in [-0.3, -0.25) is 4.99 Å². The van der Waals surface area contributed by atoms with Crippen LogP contribution in [0.1, 0.15) is 25.7 Å². The van der Waals surface area contributed by atoms with Crippen molar-refractivity contribution in [2.45, 2.75) is 31.7 Å². The van der Waals surface area contributed by atoms with Crippen molar-refractivity contribution < 1.29 is 0 Å². The summed E-state index contributed by atoms with van der Waals surface area (Å²) in [5, 5.41) is 0. The fraction of sp³-hybridized carbons (Fsp3) is 0.545. The standard InChI is InChI=1S/C11H19N3/c1-14-8-10(12)7-6-9-4-2-3-5-11(9)13/h6-9,11H,1-5,12-13H2/b7-6-,10-8+. The van der Waals surface area contributed by atoms with Crippen molar-refractivity contribution in [3.63, 3.8) is 0 Å². The molecular weight excluding hydrogens is 174 g/mol. The molecule has 0 amide bonds. The van der Waals surface area contributed by atoms with Gasteiger partial charge in [0.05, 0.1) is 0 Å². The number of nitrogens with zero attached hydrogens (tertiary/aromatic N) is 1. The predicted octanol–water partition coefficient (Wildman–Crippen LogP) is 1.56. The predicted molar refractivity (Wildman–Crippen MR) is 60.9 cm³/mol. The van der Waals surface area contributed by atoms with Gasteiger partial charge in [-0.15, -0.1) is 0 Å². The van der Waals surface area contributed by atoms with Gasteiger partial charge in [0.1, 0.15) is 0 Å². The highest BCUT2D eigenvalue weighted by Crippen LogP contribution is 2.23. The zero-order valence-corrected chi connectivity index (χ0v) is 8.52. The first-order chi connectivity index (χ1) is 6.74. The Morgan fingerprint density at radius 3 is 2.71 bits per heavy atom. The van der Waals surface area contributed by atoms with Gasteiger partial charge in [0, 0.05) is 17.9 Å². The average molecular weight is 193 g/mol. The molecule has 0 spiro atoms. The van der Waals surface area contributed by atoms with E-state index in [1.54, 1.807) is 6.20 Å². The Labute approximate surface area is 85.6 Å². The van der Waals surface area contributed by atoms with Crippen LogP contribution in [0.4, 0.5) is 0 Å². The van der Waals surface area contributed by atoms with E-state index in [1.807, 2.05) is 6.08 Å². The molecule has 78 valence electrons. The number of nitrogens with two attached hydrogens (primary N) is 2. The zero-order chi connectivity index (χ0) is 10.4. The Kier molecular flexibility index (Phi) is 4.40. The Hall–Kier alpha value is -1.09. The second kappa shape index (κ2) is 5.60. The van der Waals surface area contributed by atoms with Crippen LogP contribution in [0.25, 0.3) is 0 Å². The third kappa shape index (κ3) is 3.34. The molecule has 0 saturated heterocycles. The Morgan fingerprint density at radius 1 is 1.36 bits per heavy atom. The van der Waals surface area contributed by atoms with Crippen LogP contribution in [-0.2, 0) is 0 Å². The highest BCUT2D eigenvalue weighted by molar-refractivity contribution is 5.28. The fourth-order valence-electron chi connectivity index (χ4n) is 1.81. The van der Waals surface area contributed by atoms with Crippen molar-refractivity contribution in [2.24, 2.45) is 22.4 Å². The van der Waals surface area contributed by atoms with E-state index in [9.17, 15) is 0 Å². The van der Waals surface area contributed by atoms with Crippen molar-refractivity contribution in [1.82, 2.24) is 0 Å². The van der Waals surface area contributed by atoms with Crippen LogP contribution in [0.15, 0.2) is 29.0 Å². The summed E-state index contributed by atoms with van der Waals surface area (Å²) in [6, 6.07) is 0.296. The zero-order valence-electron chi connectivity index (χ0n) is 8.52. The molecule has 2 atom stereocenters. The summed E-state index contributed by atoms with van der Waals surface area (Å²) in [6.45, 7) is 3.35. The molecule has 0 radical (unpaired) electrons. The summed E-state index contributed by atoms with van der Waals surface area (Å²) in [5.41, 5.74) is 12.3. The van der Waals surface area contributed by atoms with Crippen LogP contribution in [-0.4, -0.2) is 12.8 Å². The summed E-state index contributed by atoms with van der Waals surface area (Å²) in [5.74, 6) is 0.473. The summed E-state index contributed by atoms with van der Waals surface area (Å²) >= 11 is 0. The van der Waals surface area contributed by atoms with Crippen molar-refractivity contribution in [2.75, 3.05) is 0 Å². The minimum absolute atomic E-state index is 0.296. The molecule has 14 heavy (non-hydrogen) atoms. The first kappa shape index (κ1) is 11.0. The molecule has 0 aromatic heterocycles. The average Bonchev–Trinajstić information content (AvgIpc) is 2.17. The van der Waals surface area contributed by atoms with Crippen molar-refractivity contribution in [1.29, 1.82) is 0 Å². The van der Waals surface area contributed by atoms with Gasteiger partial charge < -0.3 is 11.5 Å². The minimum Gasteiger partial charge on any atom is -0.397 e. The fourth-order valence-corrected chi connectivity index (χ4v) is 1.81. The molecule has 1 aliphatic carbocycles. The van der Waals surface area contributed by atoms with Gasteiger partial charge in [-0.1, -0.05) is 18.9 Å². The number of hydrogen-bond donors (Lipinski definition) is 2. The number of rotatable bonds is 3. The second-order valence-electron chi connectivity index (χ2n) is 3.78. The van der Waals surface area contributed by atoms with Crippen molar-refractivity contribution >= 4 is 6.72 Å². The van der Waals surface area contributed by atoms with Gasteiger partial charge in [0.2, 0.25) is 0 Å². The lowest BCUT2D eigenvalue weighted by molar-refractivity contribution is 0.362. The molecule has 1 fully saturated rings. The van der Waals surface area contributed by atoms with E-state index in [-0.39, 0.29) is 0 Å². The maximum absolute atomic E-state index is 5.99. The van der Waals surface area contributed by atoms with E-state index in [0.717, 1.165) is 6.42 Å². The molecule has 1 rings (SSSR count). The summed E-state index contributed by atoms with van der Waals surface area (Å²) in [4.78, 5) is 3.60. The normalized spacial score (nSPS) is 29.4. The molecule has 3 heteroatoms. The quantitative estimate of drug-likeness (QED) is 0.527. The Morgan fingerprint density at radius 2 is 2.07 bits per heavy atom. The van der Waals surface area contributed by atoms with Crippen molar-refractivity contribution in [3.8, 4) is 0 Å². The lowest BCUT2D eigenvalue weighted by Crippen LogP contribution is -2.31. The molecule has 4 N–H and O–H groups in total. The smallest absolute Gasteiger partial charge is 0.0496 e. The lowest BCUT2D eigenvalue weighted by Gasteiger charge is -2.25. The molecule has 3 nitrogen and oxygen atoms in total. The third-order valence-corrected chi connectivity index (χ3v) is 2.65. The van der Waals surface area contributed by atoms with E-state index in [4.69, 9.17) is 11.5 Å². The molecule has 1 saturated carbocycles. The van der Waals surface area contributed by atoms with Crippen LogP contribution < -0.4 is 11.5 Å². The third-order valence-electron chi connectivity index (χ3n) is 2.65. The monoisotopic (exact) mass is 193 g/mol. The molecule has 1 aliphatic rings. The maximum Gasteiger partial charge on any atom is 0.0496 e. The van der Waals surface area contributed by atoms with E-state index >= 15 is 0 Å². The van der Waals surface area contributed by atoms with Crippen LogP contribution in [0.2, 0.25) is 0 Å². The number of aliphatic imine (C=N–C) groups is 1. The van der Waals surface area contributed by atoms with Gasteiger partial charge in [0.25, 0.3) is 0 Å². The van der Waals surface area contributed by atoms with E-state index in [2.05, 4.69) is 17.8 Å². The molecule has 0 heterocycles. The van der Waals surface area contributed by atoms with Gasteiger partial charge in [0.15, 0.2) is 0 Å². The SMILES string of the molecule is C=N/C=C(N)\C=C/C1CCCCC1N. The van der Waals surface area contributed by atoms with E-state index in [1.165, 1.54) is 19.3 Å². The summed E-state index contributed by atoms with van der Waals surface area (Å²) in [7, 11) is 0. The molecule has 0 bridgehead atoms. The minimum atomic E-state index is 0.296. The second-order valence-corrected chi connectivity index (χ2v) is 3.78. The lowest BCUT2D eigenvalue weighted by atomic mass is 9.85. The maximum atomic E-state index is 5.99. The molecular formula is C11H19N3. The molecule has 0 aliphatic heterocycles. The Bertz CT molecular complexity index is 243. The van der Waals surface area contributed by atoms with Crippen LogP contribution in [0, 0.1) is 5.92 Å². The van der Waals surface area contributed by atoms with E-state index < -0.39 is 0 Å². The highest BCUT2D eigenvalue weighted by atomic mass is 14.7. The summed E-state index contributed by atoms with van der Waals surface area (Å²) in [6.07, 6.45) is 10.3. The highest BCUT2D eigenvalue weighted by Gasteiger charge is 2.18. The van der Waals surface area contributed by atoms with Crippen LogP contribution >= 0.6 is 0 Å². The Balaban J connectivity index is 2.49. The first-order valence-electron chi connectivity index (χ1n) is 5.09. The van der Waals surface area contributed by atoms with E-state index in [0.29, 0.717) is 17.7 Å². The largest absolute Gasteiger partial charge is 0.397 e. The first-order valence-corrected chi connectivity index (χ1v) is 5.09. The van der Waals surface area contributed by atoms with Gasteiger partial charge in [-0.2, -0.15) is 0 Å². The van der Waals surface area contributed by atoms with Gasteiger partial charge in [-0.25, -0.2) is 0 Å².